The van der Waals surface area contributed by atoms with Gasteiger partial charge in [-0.1, -0.05) is 37.0 Å². The van der Waals surface area contributed by atoms with Gasteiger partial charge < -0.3 is 4.74 Å². The lowest BCUT2D eigenvalue weighted by molar-refractivity contribution is -0.145. The molecule has 22 heavy (non-hydrogen) atoms. The van der Waals surface area contributed by atoms with Crippen LogP contribution in [0.1, 0.15) is 41.0 Å². The minimum Gasteiger partial charge on any atom is -0.467 e. The highest BCUT2D eigenvalue weighted by molar-refractivity contribution is 6.43. The number of hydrogen-bond donors (Lipinski definition) is 0. The second kappa shape index (κ2) is 6.26. The number of nitrogens with zero attached hydrogens (tertiary/aromatic N) is 1. The van der Waals surface area contributed by atoms with E-state index >= 15 is 0 Å². The molecule has 1 aromatic rings. The monoisotopic (exact) mass is 343 g/mol. The van der Waals surface area contributed by atoms with Gasteiger partial charge in [-0.05, 0) is 24.5 Å². The van der Waals surface area contributed by atoms with Crippen LogP contribution in [0.5, 0.6) is 0 Å². The molecule has 0 saturated carbocycles. The second-order valence-corrected chi connectivity index (χ2v) is 6.28. The third kappa shape index (κ3) is 2.83. The fourth-order valence-electron chi connectivity index (χ4n) is 2.43. The van der Waals surface area contributed by atoms with Crippen molar-refractivity contribution in [3.05, 3.63) is 33.3 Å². The first-order valence-electron chi connectivity index (χ1n) is 6.72. The standard InChI is InChI=1S/C15H15Cl2NO4/c1-7(2)4-12(15(21)22-3)18-13(19)8-5-10(16)11(17)6-9(8)14(18)20/h5-7,12H,4H2,1-3H3/t12-/m0/s1. The van der Waals surface area contributed by atoms with Gasteiger partial charge >= 0.3 is 5.97 Å². The average Bonchev–Trinajstić information content (AvgIpc) is 2.68. The van der Waals surface area contributed by atoms with Crippen LogP contribution in [0.25, 0.3) is 0 Å². The highest BCUT2D eigenvalue weighted by atomic mass is 35.5. The topological polar surface area (TPSA) is 63.7 Å². The minimum absolute atomic E-state index is 0.0978. The first kappa shape index (κ1) is 16.8. The molecular formula is C15H15Cl2NO4. The van der Waals surface area contributed by atoms with Crippen LogP contribution in [-0.4, -0.2) is 35.8 Å². The minimum atomic E-state index is -0.963. The molecule has 118 valence electrons. The summed E-state index contributed by atoms with van der Waals surface area (Å²) in [5, 5.41) is 0.365. The van der Waals surface area contributed by atoms with Crippen LogP contribution in [0, 0.1) is 5.92 Å². The quantitative estimate of drug-likeness (QED) is 0.622. The van der Waals surface area contributed by atoms with Gasteiger partial charge in [-0.25, -0.2) is 4.79 Å². The predicted octanol–water partition coefficient (Wildman–Crippen LogP) is 3.18. The number of amides is 2. The molecule has 0 spiro atoms. The fourth-order valence-corrected chi connectivity index (χ4v) is 2.75. The summed E-state index contributed by atoms with van der Waals surface area (Å²) in [5.41, 5.74) is 0.300. The number of methoxy groups -OCH3 is 1. The van der Waals surface area contributed by atoms with E-state index in [2.05, 4.69) is 0 Å². The highest BCUT2D eigenvalue weighted by Gasteiger charge is 2.43. The predicted molar refractivity (Wildman–Crippen MR) is 82.2 cm³/mol. The Kier molecular flexibility index (Phi) is 4.78. The highest BCUT2D eigenvalue weighted by Crippen LogP contribution is 2.33. The van der Waals surface area contributed by atoms with Gasteiger partial charge in [0.05, 0.1) is 28.3 Å². The molecule has 0 bridgehead atoms. The fraction of sp³-hybridized carbons (Fsp3) is 0.400. The van der Waals surface area contributed by atoms with E-state index in [0.717, 1.165) is 4.90 Å². The Bertz CT molecular complexity index is 616. The molecule has 0 saturated heterocycles. The summed E-state index contributed by atoms with van der Waals surface area (Å²) >= 11 is 11.8. The number of carbonyl (C=O) groups is 3. The number of benzene rings is 1. The molecule has 0 aromatic heterocycles. The Hall–Kier alpha value is -1.59. The molecule has 1 aromatic carbocycles. The smallest absolute Gasteiger partial charge is 0.329 e. The van der Waals surface area contributed by atoms with E-state index in [1.54, 1.807) is 0 Å². The SMILES string of the molecule is COC(=O)[C@H](CC(C)C)N1C(=O)c2cc(Cl)c(Cl)cc2C1=O. The summed E-state index contributed by atoms with van der Waals surface area (Å²) in [4.78, 5) is 37.9. The zero-order valence-electron chi connectivity index (χ0n) is 12.4. The summed E-state index contributed by atoms with van der Waals surface area (Å²) in [5.74, 6) is -1.65. The molecular weight excluding hydrogens is 329 g/mol. The van der Waals surface area contributed by atoms with Crippen LogP contribution < -0.4 is 0 Å². The Morgan fingerprint density at radius 2 is 1.59 bits per heavy atom. The normalized spacial score (nSPS) is 15.3. The molecule has 1 aliphatic rings. The molecule has 0 fully saturated rings. The van der Waals surface area contributed by atoms with Gasteiger partial charge in [0.2, 0.25) is 0 Å². The van der Waals surface area contributed by atoms with Crippen molar-refractivity contribution in [3.63, 3.8) is 0 Å². The van der Waals surface area contributed by atoms with E-state index < -0.39 is 23.8 Å². The number of imide groups is 1. The molecule has 1 aliphatic heterocycles. The molecule has 0 N–H and O–H groups in total. The molecule has 5 nitrogen and oxygen atoms in total. The molecule has 2 rings (SSSR count). The Morgan fingerprint density at radius 1 is 1.14 bits per heavy atom. The van der Waals surface area contributed by atoms with E-state index in [1.807, 2.05) is 13.8 Å². The van der Waals surface area contributed by atoms with E-state index in [-0.39, 0.29) is 27.1 Å². The largest absolute Gasteiger partial charge is 0.467 e. The number of hydrogen-bond acceptors (Lipinski definition) is 4. The molecule has 1 heterocycles. The number of carbonyl (C=O) groups excluding carboxylic acids is 3. The average molecular weight is 344 g/mol. The third-order valence-corrected chi connectivity index (χ3v) is 4.16. The lowest BCUT2D eigenvalue weighted by Gasteiger charge is -2.25. The van der Waals surface area contributed by atoms with E-state index in [1.165, 1.54) is 19.2 Å². The maximum absolute atomic E-state index is 12.5. The number of ether oxygens (including phenoxy) is 1. The number of fused-ring (bicyclic) bond motifs is 1. The van der Waals surface area contributed by atoms with Crippen LogP contribution in [0.3, 0.4) is 0 Å². The van der Waals surface area contributed by atoms with Crippen LogP contribution >= 0.6 is 23.2 Å². The Balaban J connectivity index is 2.46. The molecule has 7 heteroatoms. The van der Waals surface area contributed by atoms with Crippen molar-refractivity contribution in [3.8, 4) is 0 Å². The van der Waals surface area contributed by atoms with Crippen molar-refractivity contribution >= 4 is 41.0 Å². The Labute approximate surface area is 138 Å². The Morgan fingerprint density at radius 3 is 1.95 bits per heavy atom. The third-order valence-electron chi connectivity index (χ3n) is 3.44. The summed E-state index contributed by atoms with van der Waals surface area (Å²) in [6.45, 7) is 3.78. The second-order valence-electron chi connectivity index (χ2n) is 5.46. The van der Waals surface area contributed by atoms with Crippen molar-refractivity contribution in [1.29, 1.82) is 0 Å². The lowest BCUT2D eigenvalue weighted by atomic mass is 10.0. The van der Waals surface area contributed by atoms with Gasteiger partial charge in [0.1, 0.15) is 6.04 Å². The molecule has 0 aliphatic carbocycles. The maximum atomic E-state index is 12.5. The first-order chi connectivity index (χ1) is 10.3. The van der Waals surface area contributed by atoms with Crippen LogP contribution in [0.15, 0.2) is 12.1 Å². The van der Waals surface area contributed by atoms with Gasteiger partial charge in [-0.3, -0.25) is 14.5 Å². The van der Waals surface area contributed by atoms with E-state index in [4.69, 9.17) is 27.9 Å². The van der Waals surface area contributed by atoms with Crippen molar-refractivity contribution in [2.75, 3.05) is 7.11 Å². The van der Waals surface area contributed by atoms with Crippen molar-refractivity contribution in [2.45, 2.75) is 26.3 Å². The van der Waals surface area contributed by atoms with Crippen molar-refractivity contribution < 1.29 is 19.1 Å². The summed E-state index contributed by atoms with van der Waals surface area (Å²) in [6.07, 6.45) is 0.319. The van der Waals surface area contributed by atoms with Gasteiger partial charge in [0.25, 0.3) is 11.8 Å². The molecule has 0 unspecified atom stereocenters. The number of halogens is 2. The van der Waals surface area contributed by atoms with Gasteiger partial charge in [0.15, 0.2) is 0 Å². The lowest BCUT2D eigenvalue weighted by Crippen LogP contribution is -2.46. The summed E-state index contributed by atoms with van der Waals surface area (Å²) in [7, 11) is 1.22. The maximum Gasteiger partial charge on any atom is 0.329 e. The van der Waals surface area contributed by atoms with Gasteiger partial charge in [0, 0.05) is 0 Å². The van der Waals surface area contributed by atoms with Gasteiger partial charge in [-0.15, -0.1) is 0 Å². The summed E-state index contributed by atoms with van der Waals surface area (Å²) in [6, 6.07) is 1.74. The zero-order valence-corrected chi connectivity index (χ0v) is 13.9. The van der Waals surface area contributed by atoms with Crippen molar-refractivity contribution in [1.82, 2.24) is 4.90 Å². The molecule has 1 atom stereocenters. The van der Waals surface area contributed by atoms with E-state index in [9.17, 15) is 14.4 Å². The van der Waals surface area contributed by atoms with Crippen molar-refractivity contribution in [2.24, 2.45) is 5.92 Å². The number of esters is 1. The first-order valence-corrected chi connectivity index (χ1v) is 7.48. The van der Waals surface area contributed by atoms with Crippen LogP contribution in [0.4, 0.5) is 0 Å². The van der Waals surface area contributed by atoms with Crippen LogP contribution in [-0.2, 0) is 9.53 Å². The molecule has 0 radical (unpaired) electrons. The zero-order chi connectivity index (χ0) is 16.6. The van der Waals surface area contributed by atoms with E-state index in [0.29, 0.717) is 6.42 Å². The summed E-state index contributed by atoms with van der Waals surface area (Å²) < 4.78 is 4.73. The molecule has 2 amide bonds. The van der Waals surface area contributed by atoms with Crippen LogP contribution in [0.2, 0.25) is 10.0 Å². The number of rotatable bonds is 4. The van der Waals surface area contributed by atoms with Gasteiger partial charge in [-0.2, -0.15) is 0 Å².